The third kappa shape index (κ3) is 3.73. The monoisotopic (exact) mass is 360 g/mol. The molecule has 0 spiro atoms. The van der Waals surface area contributed by atoms with Gasteiger partial charge < -0.3 is 10.2 Å². The van der Waals surface area contributed by atoms with Crippen LogP contribution in [0.3, 0.4) is 0 Å². The van der Waals surface area contributed by atoms with Gasteiger partial charge in [0.25, 0.3) is 0 Å². The maximum Gasteiger partial charge on any atom is 0.213 e. The van der Waals surface area contributed by atoms with Crippen LogP contribution < -0.4 is 10.2 Å². The number of aryl methyl sites for hydroxylation is 1. The predicted molar refractivity (Wildman–Crippen MR) is 108 cm³/mol. The zero-order valence-corrected chi connectivity index (χ0v) is 15.3. The summed E-state index contributed by atoms with van der Waals surface area (Å²) in [4.78, 5) is 24.0. The van der Waals surface area contributed by atoms with Gasteiger partial charge in [-0.2, -0.15) is 0 Å². The minimum Gasteiger partial charge on any atom is -0.353 e. The van der Waals surface area contributed by atoms with E-state index in [0.717, 1.165) is 31.1 Å². The van der Waals surface area contributed by atoms with Crippen molar-refractivity contribution in [2.45, 2.75) is 13.0 Å². The van der Waals surface area contributed by atoms with E-state index in [4.69, 9.17) is 0 Å². The molecule has 1 saturated heterocycles. The number of carbonyl (C=O) groups excluding carboxylic acids is 1. The molecular weight excluding hydrogens is 336 g/mol. The van der Waals surface area contributed by atoms with Crippen molar-refractivity contribution in [3.8, 4) is 0 Å². The van der Waals surface area contributed by atoms with Crippen LogP contribution in [0, 0.1) is 6.92 Å². The highest BCUT2D eigenvalue weighted by Crippen LogP contribution is 2.22. The zero-order valence-electron chi connectivity index (χ0n) is 15.3. The highest BCUT2D eigenvalue weighted by molar-refractivity contribution is 6.08. The number of ketones is 1. The molecule has 0 aliphatic carbocycles. The number of nitrogens with one attached hydrogen (secondary N) is 1. The van der Waals surface area contributed by atoms with Gasteiger partial charge in [0, 0.05) is 44.6 Å². The fraction of sp³-hybridized carbons (Fsp3) is 0.227. The second-order valence-corrected chi connectivity index (χ2v) is 6.71. The average molecular weight is 360 g/mol. The molecule has 3 aromatic rings. The third-order valence-corrected chi connectivity index (χ3v) is 4.92. The number of pyridine rings is 2. The van der Waals surface area contributed by atoms with E-state index in [2.05, 4.69) is 44.5 Å². The first-order valence-electron chi connectivity index (χ1n) is 9.19. The lowest BCUT2D eigenvalue weighted by Crippen LogP contribution is -2.46. The van der Waals surface area contributed by atoms with Crippen LogP contribution in [0.1, 0.15) is 34.8 Å². The number of nitrogens with zero attached hydrogens (tertiary/aromatic N) is 3. The smallest absolute Gasteiger partial charge is 0.213 e. The van der Waals surface area contributed by atoms with Gasteiger partial charge in [-0.3, -0.25) is 9.78 Å². The molecule has 5 nitrogen and oxygen atoms in total. The summed E-state index contributed by atoms with van der Waals surface area (Å²) in [5.74, 6) is 0.752. The van der Waals surface area contributed by atoms with Gasteiger partial charge in [0.15, 0.2) is 0 Å². The first-order valence-corrected chi connectivity index (χ1v) is 9.19. The van der Waals surface area contributed by atoms with Gasteiger partial charge in [-0.15, -0.1) is 0 Å². The molecule has 1 aliphatic rings. The highest BCUT2D eigenvalue weighted by atomic mass is 16.1. The van der Waals surface area contributed by atoms with E-state index in [-0.39, 0.29) is 13.3 Å². The lowest BCUT2D eigenvalue weighted by atomic mass is 10.0. The standard InChI is InChI=1S/C22H22N4O.H2/c1-16-18(9-6-12-23-16)22(27)19-10-5-11-21(25-19)26-14-13-24-20(15-26)17-7-3-2-4-8-17;/h2-12,20,24H,13-15H2,1H3;1H. The highest BCUT2D eigenvalue weighted by Gasteiger charge is 2.22. The van der Waals surface area contributed by atoms with E-state index in [0.29, 0.717) is 11.3 Å². The minimum absolute atomic E-state index is 0. The van der Waals surface area contributed by atoms with Crippen LogP contribution in [0.4, 0.5) is 5.82 Å². The topological polar surface area (TPSA) is 58.1 Å². The quantitative estimate of drug-likeness (QED) is 0.723. The van der Waals surface area contributed by atoms with E-state index >= 15 is 0 Å². The number of hydrogen-bond acceptors (Lipinski definition) is 5. The molecule has 27 heavy (non-hydrogen) atoms. The number of piperazine rings is 1. The van der Waals surface area contributed by atoms with Crippen LogP contribution in [-0.2, 0) is 0 Å². The zero-order chi connectivity index (χ0) is 18.6. The van der Waals surface area contributed by atoms with Gasteiger partial charge in [0.1, 0.15) is 11.5 Å². The Bertz CT molecular complexity index is 948. The average Bonchev–Trinajstić information content (AvgIpc) is 2.74. The molecule has 1 N–H and O–H groups in total. The molecule has 2 aromatic heterocycles. The normalized spacial score (nSPS) is 16.9. The van der Waals surface area contributed by atoms with Crippen molar-refractivity contribution in [3.05, 3.63) is 89.4 Å². The summed E-state index contributed by atoms with van der Waals surface area (Å²) in [7, 11) is 0. The number of aromatic nitrogens is 2. The van der Waals surface area contributed by atoms with Crippen LogP contribution in [0.25, 0.3) is 0 Å². The Morgan fingerprint density at radius 3 is 2.78 bits per heavy atom. The van der Waals surface area contributed by atoms with Crippen LogP contribution in [-0.4, -0.2) is 35.4 Å². The first kappa shape index (κ1) is 17.4. The summed E-state index contributed by atoms with van der Waals surface area (Å²) >= 11 is 0. The van der Waals surface area contributed by atoms with Crippen molar-refractivity contribution in [2.24, 2.45) is 0 Å². The summed E-state index contributed by atoms with van der Waals surface area (Å²) in [6, 6.07) is 19.9. The molecule has 3 heterocycles. The van der Waals surface area contributed by atoms with E-state index < -0.39 is 0 Å². The SMILES string of the molecule is Cc1ncccc1C(=O)c1cccc(N2CCNC(c3ccccc3)C2)n1.[HH]. The summed E-state index contributed by atoms with van der Waals surface area (Å²) in [6.45, 7) is 4.40. The molecule has 138 valence electrons. The second kappa shape index (κ2) is 7.68. The maximum absolute atomic E-state index is 12.9. The van der Waals surface area contributed by atoms with Crippen LogP contribution in [0.15, 0.2) is 66.9 Å². The molecule has 4 rings (SSSR count). The molecule has 1 unspecified atom stereocenters. The Morgan fingerprint density at radius 2 is 1.96 bits per heavy atom. The number of benzene rings is 1. The Hall–Kier alpha value is -3.05. The van der Waals surface area contributed by atoms with Gasteiger partial charge in [-0.05, 0) is 36.8 Å². The number of rotatable bonds is 4. The number of anilines is 1. The Morgan fingerprint density at radius 1 is 1.11 bits per heavy atom. The van der Waals surface area contributed by atoms with Crippen molar-refractivity contribution in [2.75, 3.05) is 24.5 Å². The van der Waals surface area contributed by atoms with Gasteiger partial charge in [-0.25, -0.2) is 4.98 Å². The Balaban J connectivity index is 0.00000225. The van der Waals surface area contributed by atoms with E-state index in [1.807, 2.05) is 25.1 Å². The molecule has 0 saturated carbocycles. The fourth-order valence-corrected chi connectivity index (χ4v) is 3.45. The summed E-state index contributed by atoms with van der Waals surface area (Å²) < 4.78 is 0. The summed E-state index contributed by atoms with van der Waals surface area (Å²) in [6.07, 6.45) is 1.69. The van der Waals surface area contributed by atoms with Crippen LogP contribution in [0.5, 0.6) is 0 Å². The molecule has 1 atom stereocenters. The molecule has 0 amide bonds. The molecular formula is C22H24N4O. The van der Waals surface area contributed by atoms with Gasteiger partial charge >= 0.3 is 0 Å². The van der Waals surface area contributed by atoms with Gasteiger partial charge in [-0.1, -0.05) is 36.4 Å². The van der Waals surface area contributed by atoms with Gasteiger partial charge in [0.05, 0.1) is 0 Å². The van der Waals surface area contributed by atoms with Crippen molar-refractivity contribution in [3.63, 3.8) is 0 Å². The lowest BCUT2D eigenvalue weighted by molar-refractivity contribution is 0.103. The maximum atomic E-state index is 12.9. The summed E-state index contributed by atoms with van der Waals surface area (Å²) in [5, 5.41) is 3.56. The molecule has 1 aliphatic heterocycles. The molecule has 1 aromatic carbocycles. The molecule has 5 heteroatoms. The largest absolute Gasteiger partial charge is 0.353 e. The second-order valence-electron chi connectivity index (χ2n) is 6.71. The Labute approximate surface area is 160 Å². The first-order chi connectivity index (χ1) is 13.2. The fourth-order valence-electron chi connectivity index (χ4n) is 3.45. The van der Waals surface area contributed by atoms with Gasteiger partial charge in [0.2, 0.25) is 5.78 Å². The molecule has 1 fully saturated rings. The Kier molecular flexibility index (Phi) is 4.94. The third-order valence-electron chi connectivity index (χ3n) is 4.92. The lowest BCUT2D eigenvalue weighted by Gasteiger charge is -2.35. The van der Waals surface area contributed by atoms with E-state index in [1.165, 1.54) is 5.56 Å². The van der Waals surface area contributed by atoms with E-state index in [1.54, 1.807) is 24.4 Å². The van der Waals surface area contributed by atoms with Crippen molar-refractivity contribution in [1.29, 1.82) is 0 Å². The molecule has 0 bridgehead atoms. The van der Waals surface area contributed by atoms with E-state index in [9.17, 15) is 4.79 Å². The minimum atomic E-state index is -0.0859. The number of hydrogen-bond donors (Lipinski definition) is 1. The van der Waals surface area contributed by atoms with Crippen LogP contribution >= 0.6 is 0 Å². The summed E-state index contributed by atoms with van der Waals surface area (Å²) in [5.41, 5.74) is 3.05. The molecule has 0 radical (unpaired) electrons. The van der Waals surface area contributed by atoms with Crippen molar-refractivity contribution in [1.82, 2.24) is 15.3 Å². The number of carbonyl (C=O) groups is 1. The van der Waals surface area contributed by atoms with Crippen molar-refractivity contribution >= 4 is 11.6 Å². The van der Waals surface area contributed by atoms with Crippen molar-refractivity contribution < 1.29 is 6.22 Å². The van der Waals surface area contributed by atoms with Crippen LogP contribution in [0.2, 0.25) is 0 Å². The predicted octanol–water partition coefficient (Wildman–Crippen LogP) is 3.41.